The second-order valence-corrected chi connectivity index (χ2v) is 8.79. The first-order valence-corrected chi connectivity index (χ1v) is 12.0. The van der Waals surface area contributed by atoms with E-state index in [1.165, 1.54) is 4.91 Å². The second-order valence-electron chi connectivity index (χ2n) is 7.59. The van der Waals surface area contributed by atoms with Gasteiger partial charge in [0.2, 0.25) is 5.89 Å². The van der Waals surface area contributed by atoms with Gasteiger partial charge in [-0.3, -0.25) is 0 Å². The van der Waals surface area contributed by atoms with Crippen molar-refractivity contribution in [2.24, 2.45) is 0 Å². The van der Waals surface area contributed by atoms with Crippen LogP contribution in [-0.2, 0) is 0 Å². The topological polar surface area (TPSA) is 38.1 Å². The average Bonchev–Trinajstić information content (AvgIpc) is 2.96. The van der Waals surface area contributed by atoms with Crippen LogP contribution in [0.15, 0.2) is 130 Å². The summed E-state index contributed by atoms with van der Waals surface area (Å²) in [5, 5.41) is 3.47. The summed E-state index contributed by atoms with van der Waals surface area (Å²) in [7, 11) is 0. The number of hydrogen-bond acceptors (Lipinski definition) is 4. The van der Waals surface area contributed by atoms with Gasteiger partial charge in [0.25, 0.3) is 0 Å². The van der Waals surface area contributed by atoms with Gasteiger partial charge in [-0.05, 0) is 43.2 Å². The van der Waals surface area contributed by atoms with Gasteiger partial charge in [0, 0.05) is 28.0 Å². The summed E-state index contributed by atoms with van der Waals surface area (Å²) >= 11 is 1.72. The van der Waals surface area contributed by atoms with Crippen LogP contribution in [0, 0.1) is 0 Å². The quantitative estimate of drug-likeness (QED) is 0.456. The predicted molar refractivity (Wildman–Crippen MR) is 143 cm³/mol. The summed E-state index contributed by atoms with van der Waals surface area (Å²) in [5.74, 6) is 0.696. The Morgan fingerprint density at radius 3 is 2.79 bits per heavy atom. The van der Waals surface area contributed by atoms with E-state index in [0.29, 0.717) is 11.9 Å². The van der Waals surface area contributed by atoms with Crippen LogP contribution in [0.25, 0.3) is 16.7 Å². The van der Waals surface area contributed by atoms with Crippen molar-refractivity contribution >= 4 is 28.4 Å². The van der Waals surface area contributed by atoms with Crippen LogP contribution in [0.2, 0.25) is 0 Å². The van der Waals surface area contributed by atoms with E-state index >= 15 is 0 Å². The van der Waals surface area contributed by atoms with Crippen LogP contribution in [0.4, 0.5) is 0 Å². The average molecular weight is 453 g/mol. The van der Waals surface area contributed by atoms with Crippen molar-refractivity contribution in [1.29, 1.82) is 0 Å². The van der Waals surface area contributed by atoms with E-state index in [0.717, 1.165) is 41.0 Å². The molecule has 0 amide bonds. The smallest absolute Gasteiger partial charge is 0.226 e. The Hall–Kier alpha value is -3.34. The summed E-state index contributed by atoms with van der Waals surface area (Å²) in [4.78, 5) is 6.79. The molecular weight excluding hydrogens is 424 g/mol. The fraction of sp³-hybridized carbons (Fsp3) is 0.138. The van der Waals surface area contributed by atoms with E-state index in [-0.39, 0.29) is 0 Å². The van der Waals surface area contributed by atoms with Gasteiger partial charge in [-0.25, -0.2) is 4.98 Å². The second kappa shape index (κ2) is 12.0. The maximum absolute atomic E-state index is 5.70. The molecule has 5 rings (SSSR count). The maximum atomic E-state index is 5.70. The molecule has 2 aromatic rings. The highest BCUT2D eigenvalue weighted by molar-refractivity contribution is 8.07. The molecule has 33 heavy (non-hydrogen) atoms. The number of aromatic nitrogens is 1. The summed E-state index contributed by atoms with van der Waals surface area (Å²) in [5.41, 5.74) is 2.79. The number of fused-ring (bicyclic) bond motifs is 2. The number of hydrogen-bond donors (Lipinski definition) is 1. The predicted octanol–water partition coefficient (Wildman–Crippen LogP) is 7.44. The van der Waals surface area contributed by atoms with Crippen LogP contribution in [0.3, 0.4) is 0 Å². The van der Waals surface area contributed by atoms with Crippen molar-refractivity contribution in [3.8, 4) is 0 Å². The Morgan fingerprint density at radius 2 is 1.85 bits per heavy atom. The summed E-state index contributed by atoms with van der Waals surface area (Å²) in [6.45, 7) is 4.96. The third-order valence-corrected chi connectivity index (χ3v) is 5.94. The van der Waals surface area contributed by atoms with Crippen molar-refractivity contribution in [3.63, 3.8) is 0 Å². The molecule has 1 aliphatic heterocycles. The van der Waals surface area contributed by atoms with Crippen LogP contribution in [0.1, 0.15) is 18.7 Å². The van der Waals surface area contributed by atoms with Gasteiger partial charge in [0.15, 0.2) is 5.58 Å². The molecule has 0 saturated heterocycles. The molecule has 1 unspecified atom stereocenters. The molecule has 3 nitrogen and oxygen atoms in total. The van der Waals surface area contributed by atoms with Crippen molar-refractivity contribution in [3.05, 3.63) is 132 Å². The van der Waals surface area contributed by atoms with Gasteiger partial charge in [0.05, 0.1) is 0 Å². The third kappa shape index (κ3) is 7.07. The zero-order chi connectivity index (χ0) is 22.7. The standard InChI is InChI=1S/C15H17NS.C14H11NO/c1-13-8-4-2-3-7-11-16-14-9-5-6-10-15(12-14)17-13;1-2-4-8-11(7-3-1)14-15-12-9-5-6-10-13(12)16-14/h3-10,12,14,16H,1-2,11H2;1-3,5-10H,4H2/b7-3-,8-4-;. The molecule has 3 aliphatic rings. The van der Waals surface area contributed by atoms with E-state index in [4.69, 9.17) is 4.42 Å². The number of thioether (sulfide) groups is 1. The molecule has 2 heterocycles. The van der Waals surface area contributed by atoms with Gasteiger partial charge >= 0.3 is 0 Å². The molecule has 1 N–H and O–H groups in total. The molecule has 0 spiro atoms. The first-order valence-electron chi connectivity index (χ1n) is 11.2. The van der Waals surface area contributed by atoms with Crippen molar-refractivity contribution in [1.82, 2.24) is 10.3 Å². The molecule has 2 bridgehead atoms. The number of allylic oxidation sites excluding steroid dienone is 12. The Kier molecular flexibility index (Phi) is 8.34. The molecule has 2 aliphatic carbocycles. The minimum absolute atomic E-state index is 0.299. The van der Waals surface area contributed by atoms with Gasteiger partial charge in [-0.1, -0.05) is 97.3 Å². The Balaban J connectivity index is 0.000000157. The van der Waals surface area contributed by atoms with E-state index in [9.17, 15) is 0 Å². The molecule has 0 radical (unpaired) electrons. The number of nitrogens with zero attached hydrogens (tertiary/aromatic N) is 1. The van der Waals surface area contributed by atoms with Crippen molar-refractivity contribution in [2.45, 2.75) is 18.9 Å². The minimum atomic E-state index is 0.299. The number of para-hydroxylation sites is 2. The largest absolute Gasteiger partial charge is 0.436 e. The summed E-state index contributed by atoms with van der Waals surface area (Å²) in [6, 6.07) is 8.12. The maximum Gasteiger partial charge on any atom is 0.226 e. The third-order valence-electron chi connectivity index (χ3n) is 5.03. The molecular formula is C29H28N2OS. The van der Waals surface area contributed by atoms with Crippen LogP contribution < -0.4 is 5.32 Å². The zero-order valence-corrected chi connectivity index (χ0v) is 19.4. The lowest BCUT2D eigenvalue weighted by molar-refractivity contribution is 0.585. The van der Waals surface area contributed by atoms with Gasteiger partial charge in [-0.15, -0.1) is 0 Å². The molecule has 1 atom stereocenters. The number of rotatable bonds is 1. The Bertz CT molecular complexity index is 1180. The first-order chi connectivity index (χ1) is 16.3. The fourth-order valence-electron chi connectivity index (χ4n) is 3.40. The molecule has 4 heteroatoms. The number of benzene rings is 1. The fourth-order valence-corrected chi connectivity index (χ4v) is 4.23. The zero-order valence-electron chi connectivity index (χ0n) is 18.6. The van der Waals surface area contributed by atoms with Gasteiger partial charge in [0.1, 0.15) is 5.52 Å². The van der Waals surface area contributed by atoms with Gasteiger partial charge < -0.3 is 9.73 Å². The first kappa shape index (κ1) is 22.8. The lowest BCUT2D eigenvalue weighted by atomic mass is 10.2. The minimum Gasteiger partial charge on any atom is -0.436 e. The lowest BCUT2D eigenvalue weighted by Crippen LogP contribution is -2.25. The molecule has 166 valence electrons. The number of nitrogens with one attached hydrogen (secondary N) is 1. The lowest BCUT2D eigenvalue weighted by Gasteiger charge is -2.10. The van der Waals surface area contributed by atoms with Crippen LogP contribution in [0.5, 0.6) is 0 Å². The normalized spacial score (nSPS) is 22.1. The monoisotopic (exact) mass is 452 g/mol. The number of oxazole rings is 1. The summed E-state index contributed by atoms with van der Waals surface area (Å²) in [6.07, 6.45) is 31.4. The van der Waals surface area contributed by atoms with Crippen LogP contribution in [-0.4, -0.2) is 17.6 Å². The molecule has 0 fully saturated rings. The molecule has 1 aromatic carbocycles. The van der Waals surface area contributed by atoms with Crippen LogP contribution >= 0.6 is 11.8 Å². The van der Waals surface area contributed by atoms with E-state index in [2.05, 4.69) is 83.7 Å². The van der Waals surface area contributed by atoms with E-state index in [1.54, 1.807) is 11.8 Å². The highest BCUT2D eigenvalue weighted by Gasteiger charge is 2.08. The SMILES string of the molecule is C1=CCC=C(c2nc3ccccc3o2)C=C1.C=C1/C=C\C/C=C\CNC2C=CC=CC(=C2)S1. The molecule has 0 saturated carbocycles. The summed E-state index contributed by atoms with van der Waals surface area (Å²) < 4.78 is 5.70. The van der Waals surface area contributed by atoms with Crippen molar-refractivity contribution < 1.29 is 4.42 Å². The van der Waals surface area contributed by atoms with Gasteiger partial charge in [-0.2, -0.15) is 0 Å². The Morgan fingerprint density at radius 1 is 0.939 bits per heavy atom. The van der Waals surface area contributed by atoms with E-state index in [1.807, 2.05) is 42.5 Å². The molecule has 1 aromatic heterocycles. The highest BCUT2D eigenvalue weighted by atomic mass is 32.2. The highest BCUT2D eigenvalue weighted by Crippen LogP contribution is 2.28. The Labute approximate surface area is 200 Å². The van der Waals surface area contributed by atoms with E-state index < -0.39 is 0 Å². The van der Waals surface area contributed by atoms with Crippen molar-refractivity contribution in [2.75, 3.05) is 6.54 Å².